The molecule has 0 aliphatic carbocycles. The van der Waals surface area contributed by atoms with E-state index in [0.717, 1.165) is 26.2 Å². The monoisotopic (exact) mass is 266 g/mol. The molecule has 1 unspecified atom stereocenters. The van der Waals surface area contributed by atoms with Gasteiger partial charge in [0.25, 0.3) is 0 Å². The number of carbonyl (C=O) groups excluding carboxylic acids is 1. The van der Waals surface area contributed by atoms with Crippen molar-refractivity contribution in [3.8, 4) is 5.75 Å². The Kier molecular flexibility index (Phi) is 4.74. The van der Waals surface area contributed by atoms with E-state index < -0.39 is 0 Å². The second-order valence-electron chi connectivity index (χ2n) is 4.72. The van der Waals surface area contributed by atoms with Crippen LogP contribution in [0.1, 0.15) is 13.3 Å². The fourth-order valence-corrected chi connectivity index (χ4v) is 2.08. The van der Waals surface area contributed by atoms with Gasteiger partial charge < -0.3 is 15.0 Å². The Hall–Kier alpha value is -1.62. The van der Waals surface area contributed by atoms with E-state index in [1.54, 1.807) is 12.1 Å². The molecule has 0 radical (unpaired) electrons. The van der Waals surface area contributed by atoms with Crippen molar-refractivity contribution in [2.24, 2.45) is 0 Å². The molecule has 5 heteroatoms. The molecule has 1 aromatic rings. The van der Waals surface area contributed by atoms with Gasteiger partial charge in [0.2, 0.25) is 5.91 Å². The van der Waals surface area contributed by atoms with Gasteiger partial charge in [0, 0.05) is 26.2 Å². The van der Waals surface area contributed by atoms with Gasteiger partial charge in [0.1, 0.15) is 17.7 Å². The second-order valence-corrected chi connectivity index (χ2v) is 4.72. The molecular formula is C14H19FN2O2. The maximum Gasteiger partial charge on any atom is 0.226 e. The zero-order valence-corrected chi connectivity index (χ0v) is 11.1. The summed E-state index contributed by atoms with van der Waals surface area (Å²) in [7, 11) is 0. The summed E-state index contributed by atoms with van der Waals surface area (Å²) in [6, 6.07) is 5.84. The number of nitrogens with one attached hydrogen (secondary N) is 1. The van der Waals surface area contributed by atoms with Crippen LogP contribution >= 0.6 is 0 Å². The molecule has 0 bridgehead atoms. The van der Waals surface area contributed by atoms with E-state index in [-0.39, 0.29) is 17.8 Å². The molecule has 1 heterocycles. The van der Waals surface area contributed by atoms with Crippen LogP contribution in [0.2, 0.25) is 0 Å². The fraction of sp³-hybridized carbons (Fsp3) is 0.500. The van der Waals surface area contributed by atoms with Gasteiger partial charge in [0.05, 0.1) is 6.42 Å². The first-order valence-electron chi connectivity index (χ1n) is 6.56. The molecule has 4 nitrogen and oxygen atoms in total. The SMILES string of the molecule is CC(CC(=O)N1CCNCC1)Oc1ccc(F)cc1. The Morgan fingerprint density at radius 1 is 1.37 bits per heavy atom. The van der Waals surface area contributed by atoms with Crippen LogP contribution in [0.3, 0.4) is 0 Å². The van der Waals surface area contributed by atoms with Crippen LogP contribution < -0.4 is 10.1 Å². The molecular weight excluding hydrogens is 247 g/mol. The summed E-state index contributed by atoms with van der Waals surface area (Å²) in [5.41, 5.74) is 0. The largest absolute Gasteiger partial charge is 0.490 e. The summed E-state index contributed by atoms with van der Waals surface area (Å²) in [5, 5.41) is 3.21. The van der Waals surface area contributed by atoms with E-state index in [1.165, 1.54) is 12.1 Å². The van der Waals surface area contributed by atoms with Crippen molar-refractivity contribution in [1.29, 1.82) is 0 Å². The number of nitrogens with zero attached hydrogens (tertiary/aromatic N) is 1. The zero-order valence-electron chi connectivity index (χ0n) is 11.1. The van der Waals surface area contributed by atoms with E-state index in [9.17, 15) is 9.18 Å². The number of hydrogen-bond donors (Lipinski definition) is 1. The van der Waals surface area contributed by atoms with Crippen LogP contribution in [-0.2, 0) is 4.79 Å². The summed E-state index contributed by atoms with van der Waals surface area (Å²) in [5.74, 6) is 0.398. The lowest BCUT2D eigenvalue weighted by atomic mass is 10.2. The van der Waals surface area contributed by atoms with Crippen molar-refractivity contribution in [2.75, 3.05) is 26.2 Å². The third kappa shape index (κ3) is 4.21. The highest BCUT2D eigenvalue weighted by Crippen LogP contribution is 2.14. The molecule has 0 saturated carbocycles. The predicted octanol–water partition coefficient (Wildman–Crippen LogP) is 1.41. The molecule has 1 saturated heterocycles. The standard InChI is InChI=1S/C14H19FN2O2/c1-11(19-13-4-2-12(15)3-5-13)10-14(18)17-8-6-16-7-9-17/h2-5,11,16H,6-10H2,1H3. The van der Waals surface area contributed by atoms with Crippen molar-refractivity contribution in [1.82, 2.24) is 10.2 Å². The maximum atomic E-state index is 12.8. The minimum atomic E-state index is -0.295. The number of benzene rings is 1. The highest BCUT2D eigenvalue weighted by atomic mass is 19.1. The van der Waals surface area contributed by atoms with Crippen molar-refractivity contribution in [3.63, 3.8) is 0 Å². The van der Waals surface area contributed by atoms with Crippen molar-refractivity contribution >= 4 is 5.91 Å². The number of amides is 1. The van der Waals surface area contributed by atoms with Crippen molar-refractivity contribution in [3.05, 3.63) is 30.1 Å². The minimum absolute atomic E-state index is 0.108. The van der Waals surface area contributed by atoms with Crippen LogP contribution in [0.25, 0.3) is 0 Å². The summed E-state index contributed by atoms with van der Waals surface area (Å²) >= 11 is 0. The van der Waals surface area contributed by atoms with Gasteiger partial charge in [-0.3, -0.25) is 4.79 Å². The van der Waals surface area contributed by atoms with Gasteiger partial charge in [-0.2, -0.15) is 0 Å². The summed E-state index contributed by atoms with van der Waals surface area (Å²) in [4.78, 5) is 13.9. The van der Waals surface area contributed by atoms with E-state index in [2.05, 4.69) is 5.32 Å². The molecule has 1 aliphatic rings. The van der Waals surface area contributed by atoms with E-state index in [0.29, 0.717) is 12.2 Å². The van der Waals surface area contributed by atoms with Gasteiger partial charge in [-0.15, -0.1) is 0 Å². The lowest BCUT2D eigenvalue weighted by molar-refractivity contribution is -0.133. The number of halogens is 1. The number of piperazine rings is 1. The molecule has 19 heavy (non-hydrogen) atoms. The van der Waals surface area contributed by atoms with Gasteiger partial charge in [-0.25, -0.2) is 4.39 Å². The summed E-state index contributed by atoms with van der Waals surface area (Å²) < 4.78 is 18.4. The lowest BCUT2D eigenvalue weighted by Gasteiger charge is -2.28. The molecule has 2 rings (SSSR count). The fourth-order valence-electron chi connectivity index (χ4n) is 2.08. The highest BCUT2D eigenvalue weighted by Gasteiger charge is 2.19. The first kappa shape index (κ1) is 13.8. The normalized spacial score (nSPS) is 17.1. The average Bonchev–Trinajstić information content (AvgIpc) is 2.42. The van der Waals surface area contributed by atoms with Gasteiger partial charge >= 0.3 is 0 Å². The quantitative estimate of drug-likeness (QED) is 0.896. The zero-order chi connectivity index (χ0) is 13.7. The van der Waals surface area contributed by atoms with Crippen LogP contribution in [-0.4, -0.2) is 43.1 Å². The van der Waals surface area contributed by atoms with E-state index >= 15 is 0 Å². The molecule has 1 aromatic carbocycles. The third-order valence-corrected chi connectivity index (χ3v) is 3.08. The van der Waals surface area contributed by atoms with Crippen molar-refractivity contribution in [2.45, 2.75) is 19.4 Å². The van der Waals surface area contributed by atoms with Gasteiger partial charge in [0.15, 0.2) is 0 Å². The third-order valence-electron chi connectivity index (χ3n) is 3.08. The van der Waals surface area contributed by atoms with E-state index in [1.807, 2.05) is 11.8 Å². The second kappa shape index (κ2) is 6.52. The van der Waals surface area contributed by atoms with Crippen LogP contribution in [0.5, 0.6) is 5.75 Å². The number of hydrogen-bond acceptors (Lipinski definition) is 3. The van der Waals surface area contributed by atoms with Crippen LogP contribution in [0, 0.1) is 5.82 Å². The smallest absolute Gasteiger partial charge is 0.226 e. The Balaban J connectivity index is 1.81. The highest BCUT2D eigenvalue weighted by molar-refractivity contribution is 5.76. The topological polar surface area (TPSA) is 41.6 Å². The maximum absolute atomic E-state index is 12.8. The van der Waals surface area contributed by atoms with Crippen LogP contribution in [0.4, 0.5) is 4.39 Å². The Labute approximate surface area is 112 Å². The number of rotatable bonds is 4. The number of ether oxygens (including phenoxy) is 1. The average molecular weight is 266 g/mol. The summed E-state index contributed by atoms with van der Waals surface area (Å²) in [6.07, 6.45) is 0.130. The molecule has 104 valence electrons. The molecule has 0 aromatic heterocycles. The summed E-state index contributed by atoms with van der Waals surface area (Å²) in [6.45, 7) is 5.05. The number of carbonyl (C=O) groups is 1. The van der Waals surface area contributed by atoms with Crippen LogP contribution in [0.15, 0.2) is 24.3 Å². The molecule has 0 spiro atoms. The molecule has 1 N–H and O–H groups in total. The lowest BCUT2D eigenvalue weighted by Crippen LogP contribution is -2.47. The molecule has 1 aliphatic heterocycles. The molecule has 1 amide bonds. The predicted molar refractivity (Wildman–Crippen MR) is 70.6 cm³/mol. The van der Waals surface area contributed by atoms with Gasteiger partial charge in [-0.1, -0.05) is 0 Å². The first-order chi connectivity index (χ1) is 9.15. The first-order valence-corrected chi connectivity index (χ1v) is 6.56. The Morgan fingerprint density at radius 3 is 2.63 bits per heavy atom. The Morgan fingerprint density at radius 2 is 2.00 bits per heavy atom. The molecule has 1 atom stereocenters. The molecule has 1 fully saturated rings. The van der Waals surface area contributed by atoms with Crippen molar-refractivity contribution < 1.29 is 13.9 Å². The van der Waals surface area contributed by atoms with E-state index in [4.69, 9.17) is 4.74 Å². The Bertz CT molecular complexity index is 416. The minimum Gasteiger partial charge on any atom is -0.490 e. The van der Waals surface area contributed by atoms with Gasteiger partial charge in [-0.05, 0) is 31.2 Å².